The topological polar surface area (TPSA) is 34.9 Å². The monoisotopic (exact) mass is 206 g/mol. The first-order valence-corrected chi connectivity index (χ1v) is 5.88. The van der Waals surface area contributed by atoms with E-state index in [4.69, 9.17) is 0 Å². The summed E-state index contributed by atoms with van der Waals surface area (Å²) in [5, 5.41) is 4.37. The molecule has 1 saturated carbocycles. The molecule has 82 valence electrons. The summed E-state index contributed by atoms with van der Waals surface area (Å²) in [6.07, 6.45) is 9.89. The Morgan fingerprint density at radius 2 is 2.20 bits per heavy atom. The Morgan fingerprint density at radius 3 is 2.80 bits per heavy atom. The van der Waals surface area contributed by atoms with Gasteiger partial charge in [0.2, 0.25) is 0 Å². The Morgan fingerprint density at radius 1 is 1.47 bits per heavy atom. The van der Waals surface area contributed by atoms with Gasteiger partial charge in [0.05, 0.1) is 17.8 Å². The van der Waals surface area contributed by atoms with Gasteiger partial charge in [0, 0.05) is 5.69 Å². The summed E-state index contributed by atoms with van der Waals surface area (Å²) in [4.78, 5) is 10.8. The van der Waals surface area contributed by atoms with E-state index in [1.807, 2.05) is 0 Å². The maximum Gasteiger partial charge on any atom is 0.153 e. The fourth-order valence-corrected chi connectivity index (χ4v) is 2.51. The molecule has 0 aliphatic heterocycles. The van der Waals surface area contributed by atoms with E-state index >= 15 is 0 Å². The molecule has 3 heteroatoms. The van der Waals surface area contributed by atoms with E-state index in [0.29, 0.717) is 6.04 Å². The number of carbonyl (C=O) groups excluding carboxylic acids is 1. The zero-order valence-electron chi connectivity index (χ0n) is 9.28. The van der Waals surface area contributed by atoms with Crippen LogP contribution in [0.15, 0.2) is 6.20 Å². The molecule has 0 spiro atoms. The number of aromatic nitrogens is 2. The molecule has 2 rings (SSSR count). The van der Waals surface area contributed by atoms with Crippen molar-refractivity contribution in [2.24, 2.45) is 0 Å². The molecule has 1 aromatic heterocycles. The van der Waals surface area contributed by atoms with Gasteiger partial charge >= 0.3 is 0 Å². The van der Waals surface area contributed by atoms with Crippen molar-refractivity contribution in [3.8, 4) is 0 Å². The minimum Gasteiger partial charge on any atom is -0.298 e. The first-order chi connectivity index (χ1) is 7.36. The SMILES string of the molecule is CCc1c(C=O)cnn1C1CCCCC1. The van der Waals surface area contributed by atoms with Gasteiger partial charge in [-0.05, 0) is 19.3 Å². The van der Waals surface area contributed by atoms with E-state index in [0.717, 1.165) is 24.0 Å². The maximum absolute atomic E-state index is 10.8. The number of rotatable bonds is 3. The third kappa shape index (κ3) is 1.96. The van der Waals surface area contributed by atoms with Crippen molar-refractivity contribution in [2.45, 2.75) is 51.5 Å². The summed E-state index contributed by atoms with van der Waals surface area (Å²) in [6, 6.07) is 0.530. The summed E-state index contributed by atoms with van der Waals surface area (Å²) in [7, 11) is 0. The van der Waals surface area contributed by atoms with Crippen molar-refractivity contribution in [3.05, 3.63) is 17.5 Å². The molecule has 1 aromatic rings. The summed E-state index contributed by atoms with van der Waals surface area (Å²) in [5.41, 5.74) is 1.87. The van der Waals surface area contributed by atoms with Crippen LogP contribution in [0.4, 0.5) is 0 Å². The van der Waals surface area contributed by atoms with E-state index < -0.39 is 0 Å². The molecule has 1 heterocycles. The third-order valence-corrected chi connectivity index (χ3v) is 3.31. The molecule has 0 bridgehead atoms. The van der Waals surface area contributed by atoms with Crippen molar-refractivity contribution in [2.75, 3.05) is 0 Å². The predicted octanol–water partition coefficient (Wildman–Crippen LogP) is 2.76. The Balaban J connectivity index is 2.25. The molecule has 0 radical (unpaired) electrons. The van der Waals surface area contributed by atoms with Crippen molar-refractivity contribution < 1.29 is 4.79 Å². The molecule has 0 amide bonds. The molecule has 0 aromatic carbocycles. The van der Waals surface area contributed by atoms with Crippen LogP contribution >= 0.6 is 0 Å². The lowest BCUT2D eigenvalue weighted by molar-refractivity contribution is 0.112. The van der Waals surface area contributed by atoms with Gasteiger partial charge in [0.25, 0.3) is 0 Å². The molecule has 3 nitrogen and oxygen atoms in total. The second-order valence-electron chi connectivity index (χ2n) is 4.25. The highest BCUT2D eigenvalue weighted by molar-refractivity contribution is 5.76. The van der Waals surface area contributed by atoms with Crippen LogP contribution in [-0.2, 0) is 6.42 Å². The first kappa shape index (κ1) is 10.4. The molecule has 0 N–H and O–H groups in total. The Hall–Kier alpha value is -1.12. The standard InChI is InChI=1S/C12H18N2O/c1-2-12-10(9-15)8-13-14(12)11-6-4-3-5-7-11/h8-9,11H,2-7H2,1H3. The number of carbonyl (C=O) groups is 1. The van der Waals surface area contributed by atoms with E-state index in [1.165, 1.54) is 32.1 Å². The number of hydrogen-bond acceptors (Lipinski definition) is 2. The van der Waals surface area contributed by atoms with Crippen molar-refractivity contribution in [3.63, 3.8) is 0 Å². The molecule has 1 aliphatic rings. The van der Waals surface area contributed by atoms with E-state index in [-0.39, 0.29) is 0 Å². The normalized spacial score (nSPS) is 17.9. The fraction of sp³-hybridized carbons (Fsp3) is 0.667. The molecule has 15 heavy (non-hydrogen) atoms. The van der Waals surface area contributed by atoms with Crippen LogP contribution in [0, 0.1) is 0 Å². The van der Waals surface area contributed by atoms with E-state index in [9.17, 15) is 4.79 Å². The summed E-state index contributed by atoms with van der Waals surface area (Å²) in [6.45, 7) is 2.09. The quantitative estimate of drug-likeness (QED) is 0.713. The van der Waals surface area contributed by atoms with Crippen LogP contribution in [0.1, 0.15) is 61.1 Å². The Bertz CT molecular complexity index is 337. The number of nitrogens with zero attached hydrogens (tertiary/aromatic N) is 2. The summed E-state index contributed by atoms with van der Waals surface area (Å²) >= 11 is 0. The summed E-state index contributed by atoms with van der Waals surface area (Å²) < 4.78 is 2.09. The molecular formula is C12H18N2O. The minimum atomic E-state index is 0.530. The Labute approximate surface area is 90.5 Å². The van der Waals surface area contributed by atoms with Gasteiger partial charge in [-0.3, -0.25) is 9.48 Å². The lowest BCUT2D eigenvalue weighted by Crippen LogP contribution is -2.16. The van der Waals surface area contributed by atoms with Crippen LogP contribution in [0.25, 0.3) is 0 Å². The predicted molar refractivity (Wildman–Crippen MR) is 59.1 cm³/mol. The fourth-order valence-electron chi connectivity index (χ4n) is 2.51. The van der Waals surface area contributed by atoms with Gasteiger partial charge in [-0.1, -0.05) is 26.2 Å². The van der Waals surface area contributed by atoms with E-state index in [2.05, 4.69) is 16.7 Å². The lowest BCUT2D eigenvalue weighted by atomic mass is 9.95. The second kappa shape index (κ2) is 4.60. The number of hydrogen-bond donors (Lipinski definition) is 0. The lowest BCUT2D eigenvalue weighted by Gasteiger charge is -2.23. The molecule has 1 fully saturated rings. The summed E-state index contributed by atoms with van der Waals surface area (Å²) in [5.74, 6) is 0. The first-order valence-electron chi connectivity index (χ1n) is 5.88. The van der Waals surface area contributed by atoms with Gasteiger partial charge in [0.15, 0.2) is 6.29 Å². The maximum atomic E-state index is 10.8. The van der Waals surface area contributed by atoms with Crippen LogP contribution in [0.5, 0.6) is 0 Å². The largest absolute Gasteiger partial charge is 0.298 e. The van der Waals surface area contributed by atoms with Gasteiger partial charge in [0.1, 0.15) is 0 Å². The van der Waals surface area contributed by atoms with Crippen molar-refractivity contribution in [1.29, 1.82) is 0 Å². The smallest absolute Gasteiger partial charge is 0.153 e. The second-order valence-corrected chi connectivity index (χ2v) is 4.25. The molecule has 0 atom stereocenters. The van der Waals surface area contributed by atoms with Crippen LogP contribution < -0.4 is 0 Å². The average molecular weight is 206 g/mol. The molecule has 1 aliphatic carbocycles. The van der Waals surface area contributed by atoms with Gasteiger partial charge < -0.3 is 0 Å². The zero-order valence-corrected chi connectivity index (χ0v) is 9.28. The highest BCUT2D eigenvalue weighted by Gasteiger charge is 2.19. The van der Waals surface area contributed by atoms with Gasteiger partial charge in [-0.2, -0.15) is 5.10 Å². The third-order valence-electron chi connectivity index (χ3n) is 3.31. The molecular weight excluding hydrogens is 188 g/mol. The van der Waals surface area contributed by atoms with Crippen LogP contribution in [-0.4, -0.2) is 16.1 Å². The van der Waals surface area contributed by atoms with E-state index in [1.54, 1.807) is 6.20 Å². The van der Waals surface area contributed by atoms with Crippen LogP contribution in [0.3, 0.4) is 0 Å². The van der Waals surface area contributed by atoms with Crippen LogP contribution in [0.2, 0.25) is 0 Å². The highest BCUT2D eigenvalue weighted by atomic mass is 16.1. The molecule has 0 saturated heterocycles. The minimum absolute atomic E-state index is 0.530. The van der Waals surface area contributed by atoms with Crippen molar-refractivity contribution in [1.82, 2.24) is 9.78 Å². The van der Waals surface area contributed by atoms with Crippen molar-refractivity contribution >= 4 is 6.29 Å². The average Bonchev–Trinajstić information content (AvgIpc) is 2.72. The van der Waals surface area contributed by atoms with Gasteiger partial charge in [-0.25, -0.2) is 0 Å². The number of aldehydes is 1. The zero-order chi connectivity index (χ0) is 10.7. The molecule has 0 unspecified atom stereocenters. The highest BCUT2D eigenvalue weighted by Crippen LogP contribution is 2.29. The van der Waals surface area contributed by atoms with Gasteiger partial charge in [-0.15, -0.1) is 0 Å². The Kier molecular flexibility index (Phi) is 3.19.